The lowest BCUT2D eigenvalue weighted by Crippen LogP contribution is -2.44. The lowest BCUT2D eigenvalue weighted by molar-refractivity contribution is 0.185. The molecule has 0 unspecified atom stereocenters. The number of piperazine rings is 1. The number of nitrogens with zero attached hydrogens (tertiary/aromatic N) is 1. The van der Waals surface area contributed by atoms with Crippen molar-refractivity contribution >= 4 is 22.6 Å². The van der Waals surface area contributed by atoms with Crippen molar-refractivity contribution in [3.63, 3.8) is 0 Å². The van der Waals surface area contributed by atoms with Crippen LogP contribution in [0.3, 0.4) is 0 Å². The average Bonchev–Trinajstić information content (AvgIpc) is 2.30. The third-order valence-electron chi connectivity index (χ3n) is 3.05. The Balaban J connectivity index is 2.05. The fourth-order valence-corrected chi connectivity index (χ4v) is 2.38. The summed E-state index contributed by atoms with van der Waals surface area (Å²) in [5, 5.41) is 3.39. The van der Waals surface area contributed by atoms with Crippen LogP contribution in [0, 0.1) is 3.57 Å². The van der Waals surface area contributed by atoms with Gasteiger partial charge in [-0.3, -0.25) is 4.90 Å². The Bertz CT molecular complexity index is 304. The van der Waals surface area contributed by atoms with E-state index in [4.69, 9.17) is 0 Å². The van der Waals surface area contributed by atoms with E-state index in [1.807, 2.05) is 0 Å². The van der Waals surface area contributed by atoms with Crippen LogP contribution in [-0.2, 0) is 0 Å². The standard InChI is InChI=1S/C12H17IN2/c1-10(15-8-6-14-7-9-15)11-2-4-12(13)5-3-11/h2-5,10,14H,6-9H2,1H3/t10-/m0/s1. The normalized spacial score (nSPS) is 20.1. The van der Waals surface area contributed by atoms with Gasteiger partial charge in [0, 0.05) is 35.8 Å². The highest BCUT2D eigenvalue weighted by Crippen LogP contribution is 2.21. The molecule has 0 bridgehead atoms. The van der Waals surface area contributed by atoms with Crippen LogP contribution < -0.4 is 5.32 Å². The number of halogens is 1. The topological polar surface area (TPSA) is 15.3 Å². The maximum atomic E-state index is 3.39. The van der Waals surface area contributed by atoms with E-state index in [0.717, 1.165) is 26.2 Å². The Labute approximate surface area is 105 Å². The quantitative estimate of drug-likeness (QED) is 0.842. The molecule has 15 heavy (non-hydrogen) atoms. The van der Waals surface area contributed by atoms with Crippen molar-refractivity contribution in [2.45, 2.75) is 13.0 Å². The SMILES string of the molecule is C[C@@H](c1ccc(I)cc1)N1CCNCC1. The van der Waals surface area contributed by atoms with Crippen LogP contribution >= 0.6 is 22.6 Å². The van der Waals surface area contributed by atoms with Crippen LogP contribution in [0.2, 0.25) is 0 Å². The van der Waals surface area contributed by atoms with Gasteiger partial charge in [-0.05, 0) is 47.2 Å². The summed E-state index contributed by atoms with van der Waals surface area (Å²) in [5.74, 6) is 0. The predicted octanol–water partition coefficient (Wildman–Crippen LogP) is 2.26. The molecule has 0 amide bonds. The Hall–Kier alpha value is -0.130. The minimum atomic E-state index is 0.545. The van der Waals surface area contributed by atoms with Gasteiger partial charge in [0.25, 0.3) is 0 Å². The zero-order chi connectivity index (χ0) is 10.7. The van der Waals surface area contributed by atoms with Crippen molar-refractivity contribution in [2.24, 2.45) is 0 Å². The van der Waals surface area contributed by atoms with Gasteiger partial charge >= 0.3 is 0 Å². The molecular weight excluding hydrogens is 299 g/mol. The first-order chi connectivity index (χ1) is 7.27. The molecule has 1 N–H and O–H groups in total. The lowest BCUT2D eigenvalue weighted by Gasteiger charge is -2.33. The monoisotopic (exact) mass is 316 g/mol. The summed E-state index contributed by atoms with van der Waals surface area (Å²) >= 11 is 2.35. The second-order valence-electron chi connectivity index (χ2n) is 4.01. The lowest BCUT2D eigenvalue weighted by atomic mass is 10.1. The molecule has 2 rings (SSSR count). The van der Waals surface area contributed by atoms with Crippen LogP contribution in [0.5, 0.6) is 0 Å². The third kappa shape index (κ3) is 2.92. The molecule has 1 saturated heterocycles. The van der Waals surface area contributed by atoms with Gasteiger partial charge in [-0.2, -0.15) is 0 Å². The molecule has 0 saturated carbocycles. The van der Waals surface area contributed by atoms with E-state index >= 15 is 0 Å². The van der Waals surface area contributed by atoms with Crippen molar-refractivity contribution < 1.29 is 0 Å². The van der Waals surface area contributed by atoms with Crippen LogP contribution in [0.4, 0.5) is 0 Å². The van der Waals surface area contributed by atoms with Crippen LogP contribution in [0.1, 0.15) is 18.5 Å². The smallest absolute Gasteiger partial charge is 0.0320 e. The molecule has 2 nitrogen and oxygen atoms in total. The summed E-state index contributed by atoms with van der Waals surface area (Å²) in [4.78, 5) is 2.54. The Kier molecular flexibility index (Phi) is 3.99. The van der Waals surface area contributed by atoms with Gasteiger partial charge in [0.2, 0.25) is 0 Å². The van der Waals surface area contributed by atoms with E-state index in [1.54, 1.807) is 0 Å². The molecule has 1 aliphatic rings. The van der Waals surface area contributed by atoms with Gasteiger partial charge in [-0.25, -0.2) is 0 Å². The van der Waals surface area contributed by atoms with Gasteiger partial charge < -0.3 is 5.32 Å². The number of benzene rings is 1. The summed E-state index contributed by atoms with van der Waals surface area (Å²) in [6.07, 6.45) is 0. The molecule has 0 spiro atoms. The highest BCUT2D eigenvalue weighted by Gasteiger charge is 2.17. The summed E-state index contributed by atoms with van der Waals surface area (Å²) < 4.78 is 1.31. The number of nitrogens with one attached hydrogen (secondary N) is 1. The zero-order valence-electron chi connectivity index (χ0n) is 9.04. The second-order valence-corrected chi connectivity index (χ2v) is 5.26. The molecule has 3 heteroatoms. The van der Waals surface area contributed by atoms with E-state index in [9.17, 15) is 0 Å². The first-order valence-electron chi connectivity index (χ1n) is 5.47. The van der Waals surface area contributed by atoms with E-state index in [2.05, 4.69) is 64.0 Å². The van der Waals surface area contributed by atoms with Gasteiger partial charge in [0.05, 0.1) is 0 Å². The van der Waals surface area contributed by atoms with Crippen LogP contribution in [0.15, 0.2) is 24.3 Å². The molecule has 1 heterocycles. The molecule has 1 aromatic rings. The summed E-state index contributed by atoms with van der Waals surface area (Å²) in [6.45, 7) is 6.86. The van der Waals surface area contributed by atoms with Gasteiger partial charge in [0.15, 0.2) is 0 Å². The molecule has 0 aromatic heterocycles. The van der Waals surface area contributed by atoms with Gasteiger partial charge in [0.1, 0.15) is 0 Å². The third-order valence-corrected chi connectivity index (χ3v) is 3.77. The van der Waals surface area contributed by atoms with E-state index in [0.29, 0.717) is 6.04 Å². The minimum absolute atomic E-state index is 0.545. The van der Waals surface area contributed by atoms with Crippen LogP contribution in [-0.4, -0.2) is 31.1 Å². The first kappa shape index (κ1) is 11.4. The first-order valence-corrected chi connectivity index (χ1v) is 6.55. The van der Waals surface area contributed by atoms with Gasteiger partial charge in [-0.15, -0.1) is 0 Å². The largest absolute Gasteiger partial charge is 0.314 e. The predicted molar refractivity (Wildman–Crippen MR) is 72.0 cm³/mol. The maximum Gasteiger partial charge on any atom is 0.0320 e. The molecular formula is C12H17IN2. The maximum absolute atomic E-state index is 3.39. The van der Waals surface area contributed by atoms with E-state index < -0.39 is 0 Å². The molecule has 0 radical (unpaired) electrons. The fourth-order valence-electron chi connectivity index (χ4n) is 2.02. The highest BCUT2D eigenvalue weighted by molar-refractivity contribution is 14.1. The average molecular weight is 316 g/mol. The number of rotatable bonds is 2. The second kappa shape index (κ2) is 5.27. The van der Waals surface area contributed by atoms with Crippen molar-refractivity contribution in [1.29, 1.82) is 0 Å². The number of hydrogen-bond donors (Lipinski definition) is 1. The summed E-state index contributed by atoms with van der Waals surface area (Å²) in [7, 11) is 0. The fraction of sp³-hybridized carbons (Fsp3) is 0.500. The van der Waals surface area contributed by atoms with Gasteiger partial charge in [-0.1, -0.05) is 12.1 Å². The Morgan fingerprint density at radius 3 is 2.40 bits per heavy atom. The summed E-state index contributed by atoms with van der Waals surface area (Å²) in [5.41, 5.74) is 1.43. The molecule has 82 valence electrons. The molecule has 1 atom stereocenters. The van der Waals surface area contributed by atoms with E-state index in [-0.39, 0.29) is 0 Å². The minimum Gasteiger partial charge on any atom is -0.314 e. The Morgan fingerprint density at radius 2 is 1.80 bits per heavy atom. The van der Waals surface area contributed by atoms with Crippen molar-refractivity contribution in [3.05, 3.63) is 33.4 Å². The molecule has 1 fully saturated rings. The molecule has 1 aromatic carbocycles. The van der Waals surface area contributed by atoms with Crippen molar-refractivity contribution in [1.82, 2.24) is 10.2 Å². The Morgan fingerprint density at radius 1 is 1.20 bits per heavy atom. The summed E-state index contributed by atoms with van der Waals surface area (Å²) in [6, 6.07) is 9.41. The van der Waals surface area contributed by atoms with Crippen molar-refractivity contribution in [3.8, 4) is 0 Å². The van der Waals surface area contributed by atoms with Crippen molar-refractivity contribution in [2.75, 3.05) is 26.2 Å². The zero-order valence-corrected chi connectivity index (χ0v) is 11.2. The molecule has 0 aliphatic carbocycles. The highest BCUT2D eigenvalue weighted by atomic mass is 127. The number of hydrogen-bond acceptors (Lipinski definition) is 2. The van der Waals surface area contributed by atoms with Crippen LogP contribution in [0.25, 0.3) is 0 Å². The molecule has 1 aliphatic heterocycles. The van der Waals surface area contributed by atoms with E-state index in [1.165, 1.54) is 9.13 Å².